The van der Waals surface area contributed by atoms with Crippen LogP contribution in [0.4, 0.5) is 18.9 Å². The Morgan fingerprint density at radius 3 is 2.56 bits per heavy atom. The smallest absolute Gasteiger partial charge is 0.347 e. The monoisotopic (exact) mass is 353 g/mol. The standard InChI is InChI=1S/C17H18F3N3O2/c1-9-12-6-7-21-8-13(12)23-16(25)14(9)15(24)22-11-4-2-10(3-5-11)17(18,19)20/h2-5,12-13,21H,6-8H2,1H3,(H,22,24)(H,23,25). The van der Waals surface area contributed by atoms with Gasteiger partial charge in [-0.3, -0.25) is 9.59 Å². The Morgan fingerprint density at radius 1 is 1.24 bits per heavy atom. The fourth-order valence-electron chi connectivity index (χ4n) is 3.35. The third-order valence-corrected chi connectivity index (χ3v) is 4.67. The molecular formula is C17H18F3N3O2. The molecule has 0 spiro atoms. The molecule has 0 bridgehead atoms. The molecule has 0 saturated carbocycles. The van der Waals surface area contributed by atoms with Crippen molar-refractivity contribution in [1.82, 2.24) is 10.6 Å². The Morgan fingerprint density at radius 2 is 1.92 bits per heavy atom. The summed E-state index contributed by atoms with van der Waals surface area (Å²) in [5.41, 5.74) is 0.176. The van der Waals surface area contributed by atoms with Crippen molar-refractivity contribution in [2.75, 3.05) is 18.4 Å². The lowest BCUT2D eigenvalue weighted by molar-refractivity contribution is -0.137. The molecule has 1 fully saturated rings. The molecule has 5 nitrogen and oxygen atoms in total. The van der Waals surface area contributed by atoms with Gasteiger partial charge >= 0.3 is 6.18 Å². The van der Waals surface area contributed by atoms with Crippen LogP contribution in [0.3, 0.4) is 0 Å². The molecule has 2 atom stereocenters. The molecule has 3 N–H and O–H groups in total. The van der Waals surface area contributed by atoms with Gasteiger partial charge in [-0.2, -0.15) is 13.2 Å². The first-order chi connectivity index (χ1) is 11.8. The van der Waals surface area contributed by atoms with E-state index in [1.54, 1.807) is 6.92 Å². The molecule has 1 aromatic carbocycles. The average Bonchev–Trinajstić information content (AvgIpc) is 2.54. The summed E-state index contributed by atoms with van der Waals surface area (Å²) in [6, 6.07) is 4.08. The SMILES string of the molecule is CC1=C(C(=O)Nc2ccc(C(F)(F)F)cc2)C(=O)NC2CNCCC12. The van der Waals surface area contributed by atoms with E-state index in [4.69, 9.17) is 0 Å². The molecule has 0 aliphatic carbocycles. The Bertz CT molecular complexity index is 726. The van der Waals surface area contributed by atoms with Crippen molar-refractivity contribution in [1.29, 1.82) is 0 Å². The van der Waals surface area contributed by atoms with Gasteiger partial charge in [-0.25, -0.2) is 0 Å². The maximum absolute atomic E-state index is 12.6. The number of anilines is 1. The van der Waals surface area contributed by atoms with Crippen LogP contribution < -0.4 is 16.0 Å². The third kappa shape index (κ3) is 3.53. The van der Waals surface area contributed by atoms with Crippen molar-refractivity contribution < 1.29 is 22.8 Å². The lowest BCUT2D eigenvalue weighted by Gasteiger charge is -2.37. The van der Waals surface area contributed by atoms with Crippen molar-refractivity contribution in [2.24, 2.45) is 5.92 Å². The zero-order chi connectivity index (χ0) is 18.2. The van der Waals surface area contributed by atoms with E-state index in [0.717, 1.165) is 30.7 Å². The summed E-state index contributed by atoms with van der Waals surface area (Å²) in [4.78, 5) is 24.7. The summed E-state index contributed by atoms with van der Waals surface area (Å²) in [6.07, 6.45) is -3.62. The first kappa shape index (κ1) is 17.5. The summed E-state index contributed by atoms with van der Waals surface area (Å²) >= 11 is 0. The number of carbonyl (C=O) groups excluding carboxylic acids is 2. The fraction of sp³-hybridized carbons (Fsp3) is 0.412. The zero-order valence-corrected chi connectivity index (χ0v) is 13.5. The fourth-order valence-corrected chi connectivity index (χ4v) is 3.35. The summed E-state index contributed by atoms with van der Waals surface area (Å²) in [6.45, 7) is 3.23. The quantitative estimate of drug-likeness (QED) is 0.713. The number of alkyl halides is 3. The lowest BCUT2D eigenvalue weighted by Crippen LogP contribution is -2.55. The number of rotatable bonds is 2. The van der Waals surface area contributed by atoms with Crippen LogP contribution in [0.1, 0.15) is 18.9 Å². The van der Waals surface area contributed by atoms with E-state index in [9.17, 15) is 22.8 Å². The molecule has 8 heteroatoms. The molecule has 25 heavy (non-hydrogen) atoms. The molecule has 0 radical (unpaired) electrons. The first-order valence-corrected chi connectivity index (χ1v) is 7.98. The van der Waals surface area contributed by atoms with Crippen LogP contribution in [0.15, 0.2) is 35.4 Å². The van der Waals surface area contributed by atoms with Crippen LogP contribution in [0.5, 0.6) is 0 Å². The maximum Gasteiger partial charge on any atom is 0.416 e. The number of nitrogens with one attached hydrogen (secondary N) is 3. The minimum Gasteiger partial charge on any atom is -0.347 e. The number of carbonyl (C=O) groups is 2. The Labute approximate surface area is 142 Å². The Kier molecular flexibility index (Phi) is 4.55. The van der Waals surface area contributed by atoms with Gasteiger partial charge in [0.1, 0.15) is 5.57 Å². The molecule has 2 aliphatic heterocycles. The number of amides is 2. The van der Waals surface area contributed by atoms with Crippen LogP contribution >= 0.6 is 0 Å². The number of benzene rings is 1. The van der Waals surface area contributed by atoms with Gasteiger partial charge in [0, 0.05) is 24.2 Å². The molecule has 2 heterocycles. The molecule has 134 valence electrons. The summed E-state index contributed by atoms with van der Waals surface area (Å²) in [5, 5.41) is 8.53. The van der Waals surface area contributed by atoms with Gasteiger partial charge < -0.3 is 16.0 Å². The van der Waals surface area contributed by atoms with Crippen molar-refractivity contribution in [3.8, 4) is 0 Å². The highest BCUT2D eigenvalue weighted by Gasteiger charge is 2.37. The number of piperidine rings is 1. The number of halogens is 3. The molecular weight excluding hydrogens is 335 g/mol. The van der Waals surface area contributed by atoms with E-state index in [2.05, 4.69) is 16.0 Å². The van der Waals surface area contributed by atoms with Gasteiger partial charge in [0.25, 0.3) is 11.8 Å². The zero-order valence-electron chi connectivity index (χ0n) is 13.5. The van der Waals surface area contributed by atoms with Crippen molar-refractivity contribution >= 4 is 17.5 Å². The molecule has 2 aliphatic rings. The molecule has 1 aromatic rings. The van der Waals surface area contributed by atoms with Gasteiger partial charge in [0.15, 0.2) is 0 Å². The predicted octanol–water partition coefficient (Wildman–Crippen LogP) is 2.07. The van der Waals surface area contributed by atoms with Crippen LogP contribution in [-0.2, 0) is 15.8 Å². The van der Waals surface area contributed by atoms with Crippen LogP contribution in [0.25, 0.3) is 0 Å². The van der Waals surface area contributed by atoms with Gasteiger partial charge in [0.2, 0.25) is 0 Å². The molecule has 0 aromatic heterocycles. The van der Waals surface area contributed by atoms with E-state index in [1.807, 2.05) is 0 Å². The largest absolute Gasteiger partial charge is 0.416 e. The average molecular weight is 353 g/mol. The highest BCUT2D eigenvalue weighted by Crippen LogP contribution is 2.31. The van der Waals surface area contributed by atoms with E-state index in [-0.39, 0.29) is 23.2 Å². The van der Waals surface area contributed by atoms with Gasteiger partial charge in [-0.05, 0) is 49.7 Å². The minimum absolute atomic E-state index is 0.0381. The number of fused-ring (bicyclic) bond motifs is 1. The topological polar surface area (TPSA) is 70.2 Å². The van der Waals surface area contributed by atoms with Crippen molar-refractivity contribution in [3.63, 3.8) is 0 Å². The van der Waals surface area contributed by atoms with E-state index in [1.165, 1.54) is 12.1 Å². The van der Waals surface area contributed by atoms with Crippen molar-refractivity contribution in [3.05, 3.63) is 41.0 Å². The van der Waals surface area contributed by atoms with Crippen LogP contribution in [0.2, 0.25) is 0 Å². The highest BCUT2D eigenvalue weighted by atomic mass is 19.4. The minimum atomic E-state index is -4.44. The van der Waals surface area contributed by atoms with Crippen LogP contribution in [0, 0.1) is 5.92 Å². The normalized spacial score (nSPS) is 23.8. The predicted molar refractivity (Wildman–Crippen MR) is 85.7 cm³/mol. The second-order valence-electron chi connectivity index (χ2n) is 6.27. The van der Waals surface area contributed by atoms with E-state index < -0.39 is 23.6 Å². The van der Waals surface area contributed by atoms with Gasteiger partial charge in [-0.1, -0.05) is 0 Å². The second kappa shape index (κ2) is 6.51. The second-order valence-corrected chi connectivity index (χ2v) is 6.27. The highest BCUT2D eigenvalue weighted by molar-refractivity contribution is 6.23. The van der Waals surface area contributed by atoms with Gasteiger partial charge in [0.05, 0.1) is 5.56 Å². The van der Waals surface area contributed by atoms with Gasteiger partial charge in [-0.15, -0.1) is 0 Å². The Hall–Kier alpha value is -2.35. The molecule has 2 unspecified atom stereocenters. The Balaban J connectivity index is 1.79. The van der Waals surface area contributed by atoms with Crippen LogP contribution in [-0.4, -0.2) is 30.9 Å². The van der Waals surface area contributed by atoms with E-state index >= 15 is 0 Å². The molecule has 2 amide bonds. The number of hydrogen-bond donors (Lipinski definition) is 3. The molecule has 3 rings (SSSR count). The number of hydrogen-bond acceptors (Lipinski definition) is 3. The lowest BCUT2D eigenvalue weighted by atomic mass is 9.80. The summed E-state index contributed by atoms with van der Waals surface area (Å²) in [5.74, 6) is -0.967. The van der Waals surface area contributed by atoms with Crippen molar-refractivity contribution in [2.45, 2.75) is 25.6 Å². The maximum atomic E-state index is 12.6. The van der Waals surface area contributed by atoms with E-state index in [0.29, 0.717) is 6.54 Å². The summed E-state index contributed by atoms with van der Waals surface area (Å²) < 4.78 is 37.7. The molecule has 1 saturated heterocycles. The third-order valence-electron chi connectivity index (χ3n) is 4.67. The first-order valence-electron chi connectivity index (χ1n) is 7.98. The summed E-state index contributed by atoms with van der Waals surface area (Å²) in [7, 11) is 0.